The maximum atomic E-state index is 14.0. The molecule has 0 spiro atoms. The number of hydrogen-bond donors (Lipinski definition) is 1. The fourth-order valence-electron chi connectivity index (χ4n) is 3.31. The second kappa shape index (κ2) is 5.98. The van der Waals surface area contributed by atoms with Crippen LogP contribution in [0.4, 0.5) is 4.39 Å². The van der Waals surface area contributed by atoms with E-state index in [1.807, 2.05) is 30.1 Å². The molecule has 3 nitrogen and oxygen atoms in total. The number of hydrogen-bond acceptors (Lipinski definition) is 2. The van der Waals surface area contributed by atoms with Crippen LogP contribution in [-0.4, -0.2) is 9.78 Å². The predicted octanol–water partition coefficient (Wildman–Crippen LogP) is 3.68. The Kier molecular flexibility index (Phi) is 4.06. The fourth-order valence-corrected chi connectivity index (χ4v) is 3.31. The Morgan fingerprint density at radius 2 is 2.24 bits per heavy atom. The van der Waals surface area contributed by atoms with Gasteiger partial charge in [0, 0.05) is 36.0 Å². The van der Waals surface area contributed by atoms with Crippen molar-refractivity contribution in [3.8, 4) is 0 Å². The highest BCUT2D eigenvalue weighted by Crippen LogP contribution is 2.32. The van der Waals surface area contributed by atoms with E-state index in [9.17, 15) is 4.39 Å². The molecule has 1 N–H and O–H groups in total. The summed E-state index contributed by atoms with van der Waals surface area (Å²) in [4.78, 5) is 0. The van der Waals surface area contributed by atoms with Crippen LogP contribution in [0.1, 0.15) is 55.1 Å². The van der Waals surface area contributed by atoms with Crippen LogP contribution in [0, 0.1) is 5.82 Å². The van der Waals surface area contributed by atoms with Gasteiger partial charge in [-0.15, -0.1) is 0 Å². The van der Waals surface area contributed by atoms with Gasteiger partial charge in [0.25, 0.3) is 0 Å². The van der Waals surface area contributed by atoms with Crippen LogP contribution in [0.5, 0.6) is 0 Å². The molecule has 1 aromatic carbocycles. The molecule has 112 valence electrons. The van der Waals surface area contributed by atoms with E-state index in [2.05, 4.69) is 17.3 Å². The van der Waals surface area contributed by atoms with Crippen LogP contribution in [0.15, 0.2) is 30.5 Å². The summed E-state index contributed by atoms with van der Waals surface area (Å²) in [6, 6.07) is 7.37. The van der Waals surface area contributed by atoms with Crippen molar-refractivity contribution >= 4 is 0 Å². The molecule has 1 aliphatic carbocycles. The van der Waals surface area contributed by atoms with E-state index in [0.29, 0.717) is 0 Å². The lowest BCUT2D eigenvalue weighted by Crippen LogP contribution is -2.29. The minimum Gasteiger partial charge on any atom is -0.303 e. The first kappa shape index (κ1) is 14.3. The molecule has 0 saturated heterocycles. The zero-order chi connectivity index (χ0) is 14.8. The highest BCUT2D eigenvalue weighted by atomic mass is 19.1. The van der Waals surface area contributed by atoms with Crippen molar-refractivity contribution in [2.24, 2.45) is 7.05 Å². The van der Waals surface area contributed by atoms with Gasteiger partial charge in [-0.05, 0) is 31.7 Å². The summed E-state index contributed by atoms with van der Waals surface area (Å²) in [7, 11) is 2.00. The van der Waals surface area contributed by atoms with Crippen molar-refractivity contribution in [2.45, 2.75) is 44.7 Å². The van der Waals surface area contributed by atoms with Crippen molar-refractivity contribution < 1.29 is 4.39 Å². The van der Waals surface area contributed by atoms with Crippen LogP contribution in [-0.2, 0) is 13.5 Å². The Balaban J connectivity index is 1.84. The van der Waals surface area contributed by atoms with E-state index in [1.165, 1.54) is 17.3 Å². The summed E-state index contributed by atoms with van der Waals surface area (Å²) in [5.74, 6) is -0.126. The Hall–Kier alpha value is -1.68. The molecule has 0 fully saturated rings. The van der Waals surface area contributed by atoms with Gasteiger partial charge < -0.3 is 5.32 Å². The minimum absolute atomic E-state index is 0.0438. The van der Waals surface area contributed by atoms with Crippen LogP contribution in [0.2, 0.25) is 0 Å². The largest absolute Gasteiger partial charge is 0.303 e. The summed E-state index contributed by atoms with van der Waals surface area (Å²) in [6.45, 7) is 2.09. The Morgan fingerprint density at radius 1 is 1.43 bits per heavy atom. The molecule has 1 aliphatic rings. The zero-order valence-electron chi connectivity index (χ0n) is 12.6. The Morgan fingerprint density at radius 3 is 3.00 bits per heavy atom. The summed E-state index contributed by atoms with van der Waals surface area (Å²) in [6.07, 6.45) is 6.15. The molecule has 0 aliphatic heterocycles. The van der Waals surface area contributed by atoms with Gasteiger partial charge in [-0.3, -0.25) is 4.68 Å². The first-order chi connectivity index (χ1) is 10.2. The summed E-state index contributed by atoms with van der Waals surface area (Å²) >= 11 is 0. The van der Waals surface area contributed by atoms with Crippen LogP contribution in [0.25, 0.3) is 0 Å². The standard InChI is InChI=1S/C17H22FN3/c1-3-15(12-7-4-5-8-14(12)18)20-16-9-6-10-17-13(16)11-19-21(17)2/h4-5,7-8,11,15-16,20H,3,6,9-10H2,1-2H3. The summed E-state index contributed by atoms with van der Waals surface area (Å²) in [5, 5.41) is 8.01. The SMILES string of the molecule is CCC(NC1CCCc2c1cnn2C)c1ccccc1F. The zero-order valence-corrected chi connectivity index (χ0v) is 12.6. The second-order valence-corrected chi connectivity index (χ2v) is 5.76. The van der Waals surface area contributed by atoms with E-state index in [-0.39, 0.29) is 17.9 Å². The van der Waals surface area contributed by atoms with Gasteiger partial charge in [-0.2, -0.15) is 5.10 Å². The molecule has 0 bridgehead atoms. The van der Waals surface area contributed by atoms with Crippen LogP contribution in [0.3, 0.4) is 0 Å². The molecule has 1 heterocycles. The van der Waals surface area contributed by atoms with Crippen LogP contribution >= 0.6 is 0 Å². The number of benzene rings is 1. The first-order valence-corrected chi connectivity index (χ1v) is 7.72. The van der Waals surface area contributed by atoms with Gasteiger partial charge in [0.15, 0.2) is 0 Å². The number of aryl methyl sites for hydroxylation is 1. The molecule has 21 heavy (non-hydrogen) atoms. The molecule has 0 amide bonds. The van der Waals surface area contributed by atoms with Crippen molar-refractivity contribution in [3.05, 3.63) is 53.1 Å². The topological polar surface area (TPSA) is 29.9 Å². The van der Waals surface area contributed by atoms with E-state index < -0.39 is 0 Å². The maximum Gasteiger partial charge on any atom is 0.127 e. The first-order valence-electron chi connectivity index (χ1n) is 7.72. The van der Waals surface area contributed by atoms with E-state index in [0.717, 1.165) is 31.2 Å². The molecule has 0 saturated carbocycles. The van der Waals surface area contributed by atoms with Crippen molar-refractivity contribution in [1.82, 2.24) is 15.1 Å². The van der Waals surface area contributed by atoms with Crippen molar-refractivity contribution in [2.75, 3.05) is 0 Å². The molecule has 2 atom stereocenters. The van der Waals surface area contributed by atoms with Gasteiger partial charge in [-0.1, -0.05) is 25.1 Å². The quantitative estimate of drug-likeness (QED) is 0.929. The number of nitrogens with zero attached hydrogens (tertiary/aromatic N) is 2. The molecule has 2 aromatic rings. The average molecular weight is 287 g/mol. The number of nitrogens with one attached hydrogen (secondary N) is 1. The van der Waals surface area contributed by atoms with Crippen molar-refractivity contribution in [3.63, 3.8) is 0 Å². The lowest BCUT2D eigenvalue weighted by atomic mass is 9.91. The van der Waals surface area contributed by atoms with E-state index in [4.69, 9.17) is 0 Å². The number of fused-ring (bicyclic) bond motifs is 1. The van der Waals surface area contributed by atoms with Gasteiger partial charge in [0.05, 0.1) is 6.20 Å². The van der Waals surface area contributed by atoms with E-state index in [1.54, 1.807) is 6.07 Å². The average Bonchev–Trinajstić information content (AvgIpc) is 2.88. The van der Waals surface area contributed by atoms with Gasteiger partial charge in [0.1, 0.15) is 5.82 Å². The lowest BCUT2D eigenvalue weighted by molar-refractivity contribution is 0.382. The highest BCUT2D eigenvalue weighted by molar-refractivity contribution is 5.27. The lowest BCUT2D eigenvalue weighted by Gasteiger charge is -2.29. The monoisotopic (exact) mass is 287 g/mol. The van der Waals surface area contributed by atoms with E-state index >= 15 is 0 Å². The molecular weight excluding hydrogens is 265 g/mol. The molecule has 4 heteroatoms. The van der Waals surface area contributed by atoms with Crippen LogP contribution < -0.4 is 5.32 Å². The third-order valence-electron chi connectivity index (χ3n) is 4.47. The smallest absolute Gasteiger partial charge is 0.127 e. The van der Waals surface area contributed by atoms with Gasteiger partial charge in [-0.25, -0.2) is 4.39 Å². The molecule has 0 radical (unpaired) electrons. The Labute approximate surface area is 125 Å². The maximum absolute atomic E-state index is 14.0. The molecule has 1 aromatic heterocycles. The summed E-state index contributed by atoms with van der Waals surface area (Å²) in [5.41, 5.74) is 3.34. The Bertz CT molecular complexity index is 620. The number of halogens is 1. The van der Waals surface area contributed by atoms with Gasteiger partial charge in [0.2, 0.25) is 0 Å². The number of aromatic nitrogens is 2. The molecule has 3 rings (SSSR count). The minimum atomic E-state index is -0.126. The summed E-state index contributed by atoms with van der Waals surface area (Å²) < 4.78 is 16.0. The third kappa shape index (κ3) is 2.72. The predicted molar refractivity (Wildman–Crippen MR) is 81.5 cm³/mol. The number of rotatable bonds is 4. The fraction of sp³-hybridized carbons (Fsp3) is 0.471. The van der Waals surface area contributed by atoms with Gasteiger partial charge >= 0.3 is 0 Å². The third-order valence-corrected chi connectivity index (χ3v) is 4.47. The molecule has 2 unspecified atom stereocenters. The highest BCUT2D eigenvalue weighted by Gasteiger charge is 2.26. The molecular formula is C17H22FN3. The normalized spacial score (nSPS) is 19.3. The second-order valence-electron chi connectivity index (χ2n) is 5.76. The van der Waals surface area contributed by atoms with Crippen molar-refractivity contribution in [1.29, 1.82) is 0 Å².